The first-order valence-electron chi connectivity index (χ1n) is 11.7. The second-order valence-corrected chi connectivity index (χ2v) is 10.4. The molecule has 2 amide bonds. The lowest BCUT2D eigenvalue weighted by Gasteiger charge is -2.32. The summed E-state index contributed by atoms with van der Waals surface area (Å²) in [5.74, 6) is -0.661. The molecule has 10 heteroatoms. The van der Waals surface area contributed by atoms with Crippen LogP contribution < -0.4 is 14.4 Å². The van der Waals surface area contributed by atoms with Gasteiger partial charge in [-0.2, -0.15) is 0 Å². The summed E-state index contributed by atoms with van der Waals surface area (Å²) in [4.78, 5) is 27.9. The van der Waals surface area contributed by atoms with Crippen molar-refractivity contribution in [3.05, 3.63) is 89.4 Å². The molecule has 37 heavy (non-hydrogen) atoms. The normalized spacial score (nSPS) is 11.9. The van der Waals surface area contributed by atoms with Crippen molar-refractivity contribution in [2.75, 3.05) is 24.5 Å². The van der Waals surface area contributed by atoms with Gasteiger partial charge in [0.1, 0.15) is 18.3 Å². The fourth-order valence-corrected chi connectivity index (χ4v) is 5.42. The van der Waals surface area contributed by atoms with Crippen molar-refractivity contribution in [2.24, 2.45) is 0 Å². The van der Waals surface area contributed by atoms with E-state index in [1.807, 2.05) is 0 Å². The molecule has 0 unspecified atom stereocenters. The lowest BCUT2D eigenvalue weighted by molar-refractivity contribution is -0.139. The van der Waals surface area contributed by atoms with E-state index in [1.54, 1.807) is 80.6 Å². The van der Waals surface area contributed by atoms with Crippen LogP contribution in [0.15, 0.2) is 83.8 Å². The lowest BCUT2D eigenvalue weighted by atomic mass is 10.1. The summed E-state index contributed by atoms with van der Waals surface area (Å²) in [6.45, 7) is 3.21. The molecule has 0 heterocycles. The standard InChI is InChI=1S/C27H30ClN3O5S/c1-4-29-27(33)20(2)30(18-21-12-8-9-15-23(21)28)26(32)19-31(24-16-10-11-17-25(24)36-3)37(34,35)22-13-6-5-7-14-22/h5-17,20H,4,18-19H2,1-3H3,(H,29,33)/t20-/m1/s1. The van der Waals surface area contributed by atoms with E-state index >= 15 is 0 Å². The van der Waals surface area contributed by atoms with E-state index < -0.39 is 28.5 Å². The van der Waals surface area contributed by atoms with Crippen molar-refractivity contribution in [3.63, 3.8) is 0 Å². The number of ether oxygens (including phenoxy) is 1. The van der Waals surface area contributed by atoms with Crippen LogP contribution in [0.5, 0.6) is 5.75 Å². The van der Waals surface area contributed by atoms with Gasteiger partial charge in [-0.3, -0.25) is 13.9 Å². The summed E-state index contributed by atoms with van der Waals surface area (Å²) in [5.41, 5.74) is 0.828. The summed E-state index contributed by atoms with van der Waals surface area (Å²) in [6.07, 6.45) is 0. The van der Waals surface area contributed by atoms with Crippen LogP contribution in [-0.4, -0.2) is 51.4 Å². The molecule has 3 rings (SSSR count). The van der Waals surface area contributed by atoms with Crippen molar-refractivity contribution in [1.29, 1.82) is 0 Å². The Bertz CT molecular complexity index is 1330. The van der Waals surface area contributed by atoms with Crippen molar-refractivity contribution >= 4 is 39.1 Å². The number of para-hydroxylation sites is 2. The SMILES string of the molecule is CCNC(=O)[C@@H](C)N(Cc1ccccc1Cl)C(=O)CN(c1ccccc1OC)S(=O)(=O)c1ccccc1. The second-order valence-electron chi connectivity index (χ2n) is 8.18. The first-order valence-corrected chi connectivity index (χ1v) is 13.5. The van der Waals surface area contributed by atoms with Gasteiger partial charge in [0.2, 0.25) is 11.8 Å². The van der Waals surface area contributed by atoms with E-state index in [2.05, 4.69) is 5.32 Å². The Labute approximate surface area is 222 Å². The van der Waals surface area contributed by atoms with Crippen LogP contribution in [0, 0.1) is 0 Å². The highest BCUT2D eigenvalue weighted by atomic mass is 35.5. The quantitative estimate of drug-likeness (QED) is 0.393. The Morgan fingerprint density at radius 2 is 1.59 bits per heavy atom. The molecular weight excluding hydrogens is 514 g/mol. The number of hydrogen-bond acceptors (Lipinski definition) is 5. The molecule has 3 aromatic rings. The first kappa shape index (κ1) is 28.0. The fraction of sp³-hybridized carbons (Fsp3) is 0.259. The third-order valence-electron chi connectivity index (χ3n) is 5.78. The molecule has 196 valence electrons. The van der Waals surface area contributed by atoms with Gasteiger partial charge in [0.05, 0.1) is 17.7 Å². The molecule has 0 saturated heterocycles. The van der Waals surface area contributed by atoms with Gasteiger partial charge in [0.15, 0.2) is 0 Å². The van der Waals surface area contributed by atoms with E-state index in [1.165, 1.54) is 24.1 Å². The lowest BCUT2D eigenvalue weighted by Crippen LogP contribution is -2.51. The van der Waals surface area contributed by atoms with E-state index in [0.717, 1.165) is 4.31 Å². The van der Waals surface area contributed by atoms with Gasteiger partial charge in [0.25, 0.3) is 10.0 Å². The van der Waals surface area contributed by atoms with Crippen LogP contribution in [0.3, 0.4) is 0 Å². The van der Waals surface area contributed by atoms with E-state index in [4.69, 9.17) is 16.3 Å². The molecule has 0 aliphatic rings. The van der Waals surface area contributed by atoms with Gasteiger partial charge in [-0.05, 0) is 49.7 Å². The maximum absolute atomic E-state index is 13.8. The van der Waals surface area contributed by atoms with Gasteiger partial charge in [-0.25, -0.2) is 8.42 Å². The topological polar surface area (TPSA) is 96.0 Å². The number of likely N-dealkylation sites (N-methyl/N-ethyl adjacent to an activating group) is 1. The molecule has 0 saturated carbocycles. The summed E-state index contributed by atoms with van der Waals surface area (Å²) in [7, 11) is -2.75. The Morgan fingerprint density at radius 3 is 2.24 bits per heavy atom. The van der Waals surface area contributed by atoms with Gasteiger partial charge in [-0.1, -0.05) is 60.1 Å². The summed E-state index contributed by atoms with van der Waals surface area (Å²) in [5, 5.41) is 3.16. The highest BCUT2D eigenvalue weighted by Crippen LogP contribution is 2.32. The molecule has 1 atom stereocenters. The van der Waals surface area contributed by atoms with Crippen LogP contribution in [0.25, 0.3) is 0 Å². The van der Waals surface area contributed by atoms with Crippen LogP contribution in [0.4, 0.5) is 5.69 Å². The van der Waals surface area contributed by atoms with Crippen LogP contribution in [0.1, 0.15) is 19.4 Å². The number of rotatable bonds is 11. The number of amides is 2. The van der Waals surface area contributed by atoms with Crippen LogP contribution >= 0.6 is 11.6 Å². The number of hydrogen-bond donors (Lipinski definition) is 1. The molecule has 3 aromatic carbocycles. The number of sulfonamides is 1. The molecule has 8 nitrogen and oxygen atoms in total. The molecule has 0 aromatic heterocycles. The first-order chi connectivity index (χ1) is 17.7. The molecule has 0 fully saturated rings. The zero-order chi connectivity index (χ0) is 27.0. The molecule has 0 aliphatic carbocycles. The van der Waals surface area contributed by atoms with Gasteiger partial charge in [-0.15, -0.1) is 0 Å². The average molecular weight is 544 g/mol. The number of methoxy groups -OCH3 is 1. The monoisotopic (exact) mass is 543 g/mol. The predicted octanol–water partition coefficient (Wildman–Crippen LogP) is 4.10. The number of benzene rings is 3. The number of carbonyl (C=O) groups excluding carboxylic acids is 2. The highest BCUT2D eigenvalue weighted by Gasteiger charge is 2.33. The fourth-order valence-electron chi connectivity index (χ4n) is 3.78. The minimum atomic E-state index is -4.17. The summed E-state index contributed by atoms with van der Waals surface area (Å²) >= 11 is 6.35. The van der Waals surface area contributed by atoms with Crippen LogP contribution in [0.2, 0.25) is 5.02 Å². The van der Waals surface area contributed by atoms with E-state index in [0.29, 0.717) is 17.1 Å². The van der Waals surface area contributed by atoms with Crippen LogP contribution in [-0.2, 0) is 26.2 Å². The average Bonchev–Trinajstić information content (AvgIpc) is 2.91. The minimum Gasteiger partial charge on any atom is -0.495 e. The summed E-state index contributed by atoms with van der Waals surface area (Å²) in [6, 6.07) is 20.5. The number of carbonyl (C=O) groups is 2. The van der Waals surface area contributed by atoms with Crippen molar-refractivity contribution < 1.29 is 22.7 Å². The van der Waals surface area contributed by atoms with Crippen molar-refractivity contribution in [1.82, 2.24) is 10.2 Å². The number of nitrogens with zero attached hydrogens (tertiary/aromatic N) is 2. The highest BCUT2D eigenvalue weighted by molar-refractivity contribution is 7.92. The smallest absolute Gasteiger partial charge is 0.264 e. The van der Waals surface area contributed by atoms with Gasteiger partial charge >= 0.3 is 0 Å². The second kappa shape index (κ2) is 12.6. The molecule has 0 aliphatic heterocycles. The summed E-state index contributed by atoms with van der Waals surface area (Å²) < 4.78 is 34.0. The van der Waals surface area contributed by atoms with Gasteiger partial charge in [0, 0.05) is 18.1 Å². The third kappa shape index (κ3) is 6.61. The van der Waals surface area contributed by atoms with Crippen molar-refractivity contribution in [3.8, 4) is 5.75 Å². The number of halogens is 1. The third-order valence-corrected chi connectivity index (χ3v) is 7.92. The van der Waals surface area contributed by atoms with E-state index in [9.17, 15) is 18.0 Å². The van der Waals surface area contributed by atoms with Crippen molar-refractivity contribution in [2.45, 2.75) is 31.3 Å². The number of anilines is 1. The zero-order valence-corrected chi connectivity index (χ0v) is 22.5. The minimum absolute atomic E-state index is 0.0158. The molecule has 1 N–H and O–H groups in total. The Balaban J connectivity index is 2.07. The Kier molecular flexibility index (Phi) is 9.54. The maximum Gasteiger partial charge on any atom is 0.264 e. The molecule has 0 bridgehead atoms. The number of nitrogens with one attached hydrogen (secondary N) is 1. The molecule has 0 radical (unpaired) electrons. The molecule has 0 spiro atoms. The maximum atomic E-state index is 13.8. The zero-order valence-electron chi connectivity index (χ0n) is 20.9. The van der Waals surface area contributed by atoms with Gasteiger partial charge < -0.3 is 15.0 Å². The Hall–Kier alpha value is -3.56. The predicted molar refractivity (Wildman–Crippen MR) is 144 cm³/mol. The van der Waals surface area contributed by atoms with E-state index in [-0.39, 0.29) is 28.8 Å². The largest absolute Gasteiger partial charge is 0.495 e. The Morgan fingerprint density at radius 1 is 0.973 bits per heavy atom. The molecular formula is C27H30ClN3O5S.